The number of nitrogens with zero attached hydrogens (tertiary/aromatic N) is 2. The maximum atomic E-state index is 14.1. The van der Waals surface area contributed by atoms with Crippen LogP contribution in [0, 0.1) is 5.82 Å². The monoisotopic (exact) mass is 605 g/mol. The molecule has 7 nitrogen and oxygen atoms in total. The number of carbonyl (C=O) groups is 2. The van der Waals surface area contributed by atoms with Crippen molar-refractivity contribution in [2.45, 2.75) is 57.7 Å². The van der Waals surface area contributed by atoms with E-state index in [-0.39, 0.29) is 25.4 Å². The molecule has 0 aromatic heterocycles. The van der Waals surface area contributed by atoms with Crippen molar-refractivity contribution >= 4 is 21.8 Å². The second-order valence-electron chi connectivity index (χ2n) is 11.0. The Morgan fingerprint density at radius 3 is 2.09 bits per heavy atom. The molecule has 0 aliphatic heterocycles. The highest BCUT2D eigenvalue weighted by atomic mass is 32.2. The van der Waals surface area contributed by atoms with E-state index in [1.54, 1.807) is 24.3 Å². The molecule has 0 spiro atoms. The quantitative estimate of drug-likeness (QED) is 0.255. The zero-order valence-electron chi connectivity index (χ0n) is 24.6. The number of halogens is 1. The first-order valence-electron chi connectivity index (χ1n) is 14.7. The van der Waals surface area contributed by atoms with Gasteiger partial charge in [-0.25, -0.2) is 12.8 Å². The van der Waals surface area contributed by atoms with Gasteiger partial charge in [-0.2, -0.15) is 4.31 Å². The van der Waals surface area contributed by atoms with Crippen LogP contribution in [0.2, 0.25) is 0 Å². The molecule has 0 bridgehead atoms. The van der Waals surface area contributed by atoms with E-state index in [4.69, 9.17) is 0 Å². The highest BCUT2D eigenvalue weighted by Gasteiger charge is 2.33. The Labute approximate surface area is 254 Å². The van der Waals surface area contributed by atoms with E-state index in [1.807, 2.05) is 48.5 Å². The van der Waals surface area contributed by atoms with Crippen LogP contribution in [0.3, 0.4) is 0 Å². The standard InChI is InChI=1S/C34H40FN3O4S/c1-43(41,42)37(24-29-15-9-4-10-16-29)26-33(39)38(25-30-17-19-31(35)20-18-30)32(23-28-13-7-3-8-14-28)34(40)36-22-21-27-11-5-2-6-12-27/h3-4,7-11,13-20,32H,2,5-6,12,21-26H2,1H3,(H,36,40). The molecule has 0 radical (unpaired) electrons. The lowest BCUT2D eigenvalue weighted by Crippen LogP contribution is -2.53. The Morgan fingerprint density at radius 1 is 0.860 bits per heavy atom. The normalized spacial score (nSPS) is 14.2. The average Bonchev–Trinajstić information content (AvgIpc) is 3.00. The Hall–Kier alpha value is -3.82. The molecule has 1 aliphatic carbocycles. The SMILES string of the molecule is CS(=O)(=O)N(CC(=O)N(Cc1ccc(F)cc1)C(Cc1ccccc1)C(=O)NCCC1=CCCCC1)Cc1ccccc1. The van der Waals surface area contributed by atoms with Crippen molar-refractivity contribution in [3.05, 3.63) is 119 Å². The molecule has 1 aliphatic rings. The third-order valence-electron chi connectivity index (χ3n) is 7.65. The number of carbonyl (C=O) groups excluding carboxylic acids is 2. The molecule has 0 saturated carbocycles. The first-order valence-corrected chi connectivity index (χ1v) is 16.6. The first kappa shape index (κ1) is 32.1. The van der Waals surface area contributed by atoms with Gasteiger partial charge in [-0.15, -0.1) is 0 Å². The van der Waals surface area contributed by atoms with Gasteiger partial charge >= 0.3 is 0 Å². The molecular formula is C34H40FN3O4S. The molecule has 3 aromatic carbocycles. The van der Waals surface area contributed by atoms with Crippen LogP contribution < -0.4 is 5.32 Å². The number of rotatable bonds is 14. The third-order valence-corrected chi connectivity index (χ3v) is 8.85. The lowest BCUT2D eigenvalue weighted by Gasteiger charge is -2.33. The van der Waals surface area contributed by atoms with Gasteiger partial charge in [0.1, 0.15) is 11.9 Å². The molecular weight excluding hydrogens is 565 g/mol. The number of nitrogens with one attached hydrogen (secondary N) is 1. The molecule has 2 amide bonds. The van der Waals surface area contributed by atoms with Gasteiger partial charge in [0.2, 0.25) is 21.8 Å². The Kier molecular flexibility index (Phi) is 11.6. The van der Waals surface area contributed by atoms with Crippen LogP contribution in [0.5, 0.6) is 0 Å². The molecule has 0 saturated heterocycles. The summed E-state index contributed by atoms with van der Waals surface area (Å²) in [5.41, 5.74) is 3.55. The Morgan fingerprint density at radius 2 is 1.49 bits per heavy atom. The highest BCUT2D eigenvalue weighted by Crippen LogP contribution is 2.20. The fourth-order valence-corrected chi connectivity index (χ4v) is 5.98. The van der Waals surface area contributed by atoms with Crippen molar-refractivity contribution < 1.29 is 22.4 Å². The number of allylic oxidation sites excluding steroid dienone is 1. The van der Waals surface area contributed by atoms with Crippen LogP contribution in [-0.4, -0.2) is 54.8 Å². The summed E-state index contributed by atoms with van der Waals surface area (Å²) in [4.78, 5) is 29.3. The zero-order valence-corrected chi connectivity index (χ0v) is 25.4. The van der Waals surface area contributed by atoms with Crippen molar-refractivity contribution in [1.29, 1.82) is 0 Å². The molecule has 4 rings (SSSR count). The smallest absolute Gasteiger partial charge is 0.243 e. The summed E-state index contributed by atoms with van der Waals surface area (Å²) in [5.74, 6) is -1.25. The predicted octanol–water partition coefficient (Wildman–Crippen LogP) is 5.23. The molecule has 1 unspecified atom stereocenters. The van der Waals surface area contributed by atoms with E-state index in [2.05, 4.69) is 11.4 Å². The Bertz CT molecular complexity index is 1480. The Balaban J connectivity index is 1.63. The van der Waals surface area contributed by atoms with Crippen LogP contribution in [0.4, 0.5) is 4.39 Å². The molecule has 0 heterocycles. The lowest BCUT2D eigenvalue weighted by molar-refractivity contribution is -0.141. The van der Waals surface area contributed by atoms with Gasteiger partial charge in [0, 0.05) is 26.1 Å². The minimum Gasteiger partial charge on any atom is -0.354 e. The van der Waals surface area contributed by atoms with Crippen molar-refractivity contribution in [2.24, 2.45) is 0 Å². The van der Waals surface area contributed by atoms with Gasteiger partial charge in [0.25, 0.3) is 0 Å². The number of sulfonamides is 1. The van der Waals surface area contributed by atoms with Crippen LogP contribution >= 0.6 is 0 Å². The van der Waals surface area contributed by atoms with Gasteiger partial charge in [-0.1, -0.05) is 84.4 Å². The summed E-state index contributed by atoms with van der Waals surface area (Å²) >= 11 is 0. The number of amides is 2. The minimum absolute atomic E-state index is 0.0120. The van der Waals surface area contributed by atoms with E-state index < -0.39 is 34.3 Å². The number of hydrogen-bond acceptors (Lipinski definition) is 4. The first-order chi connectivity index (χ1) is 20.7. The third kappa shape index (κ3) is 10.1. The molecule has 228 valence electrons. The molecule has 0 fully saturated rings. The molecule has 1 atom stereocenters. The van der Waals surface area contributed by atoms with Gasteiger partial charge in [-0.05, 0) is 60.9 Å². The fraction of sp³-hybridized carbons (Fsp3) is 0.353. The number of hydrogen-bond donors (Lipinski definition) is 1. The molecule has 1 N–H and O–H groups in total. The van der Waals surface area contributed by atoms with Crippen LogP contribution in [-0.2, 0) is 39.1 Å². The van der Waals surface area contributed by atoms with E-state index in [1.165, 1.54) is 29.0 Å². The minimum atomic E-state index is -3.77. The highest BCUT2D eigenvalue weighted by molar-refractivity contribution is 7.88. The fourth-order valence-electron chi connectivity index (χ4n) is 5.26. The van der Waals surface area contributed by atoms with Gasteiger partial charge < -0.3 is 10.2 Å². The van der Waals surface area contributed by atoms with Crippen LogP contribution in [0.15, 0.2) is 96.6 Å². The van der Waals surface area contributed by atoms with E-state index >= 15 is 0 Å². The summed E-state index contributed by atoms with van der Waals surface area (Å²) < 4.78 is 40.5. The lowest BCUT2D eigenvalue weighted by atomic mass is 9.97. The van der Waals surface area contributed by atoms with Gasteiger partial charge in [0.05, 0.1) is 12.8 Å². The van der Waals surface area contributed by atoms with Gasteiger partial charge in [-0.3, -0.25) is 9.59 Å². The van der Waals surface area contributed by atoms with Crippen molar-refractivity contribution in [2.75, 3.05) is 19.3 Å². The van der Waals surface area contributed by atoms with Crippen molar-refractivity contribution in [1.82, 2.24) is 14.5 Å². The van der Waals surface area contributed by atoms with Gasteiger partial charge in [0.15, 0.2) is 0 Å². The maximum absolute atomic E-state index is 14.1. The molecule has 43 heavy (non-hydrogen) atoms. The molecule has 3 aromatic rings. The summed E-state index contributed by atoms with van der Waals surface area (Å²) in [6, 6.07) is 23.3. The summed E-state index contributed by atoms with van der Waals surface area (Å²) in [6.45, 7) is 0.0248. The topological polar surface area (TPSA) is 86.8 Å². The summed E-state index contributed by atoms with van der Waals surface area (Å²) in [7, 11) is -3.77. The van der Waals surface area contributed by atoms with Crippen LogP contribution in [0.25, 0.3) is 0 Å². The largest absolute Gasteiger partial charge is 0.354 e. The number of benzene rings is 3. The summed E-state index contributed by atoms with van der Waals surface area (Å²) in [6.07, 6.45) is 8.71. The van der Waals surface area contributed by atoms with Crippen molar-refractivity contribution in [3.63, 3.8) is 0 Å². The summed E-state index contributed by atoms with van der Waals surface area (Å²) in [5, 5.41) is 3.04. The van der Waals surface area contributed by atoms with E-state index in [0.29, 0.717) is 12.1 Å². The zero-order chi connectivity index (χ0) is 30.7. The molecule has 9 heteroatoms. The van der Waals surface area contributed by atoms with E-state index in [0.717, 1.165) is 47.4 Å². The maximum Gasteiger partial charge on any atom is 0.243 e. The average molecular weight is 606 g/mol. The van der Waals surface area contributed by atoms with Crippen LogP contribution in [0.1, 0.15) is 48.8 Å². The second-order valence-corrected chi connectivity index (χ2v) is 13.0. The van der Waals surface area contributed by atoms with E-state index in [9.17, 15) is 22.4 Å². The second kappa shape index (κ2) is 15.6. The predicted molar refractivity (Wildman–Crippen MR) is 167 cm³/mol. The van der Waals surface area contributed by atoms with Crippen molar-refractivity contribution in [3.8, 4) is 0 Å².